The summed E-state index contributed by atoms with van der Waals surface area (Å²) in [6, 6.07) is 13.0. The van der Waals surface area contributed by atoms with Crippen LogP contribution in [0.1, 0.15) is 40.8 Å². The summed E-state index contributed by atoms with van der Waals surface area (Å²) in [5, 5.41) is 27.5. The van der Waals surface area contributed by atoms with Crippen LogP contribution in [0.2, 0.25) is 0 Å². The highest BCUT2D eigenvalue weighted by molar-refractivity contribution is 5.82. The van der Waals surface area contributed by atoms with Crippen LogP contribution in [0.4, 0.5) is 23.7 Å². The monoisotopic (exact) mass is 626 g/mol. The Kier molecular flexibility index (Phi) is 9.90. The quantitative estimate of drug-likeness (QED) is 0.208. The molecule has 1 aromatic heterocycles. The molecule has 15 heteroatoms. The average molecular weight is 627 g/mol. The number of aliphatic hydroxyl groups excluding tert-OH is 1. The number of anilines is 1. The van der Waals surface area contributed by atoms with E-state index in [2.05, 4.69) is 16.9 Å². The lowest BCUT2D eigenvalue weighted by atomic mass is 9.81. The number of carbonyl (C=O) groups is 3. The van der Waals surface area contributed by atoms with Gasteiger partial charge in [-0.1, -0.05) is 12.1 Å². The minimum absolute atomic E-state index is 0.153. The molecule has 2 aromatic carbocycles. The van der Waals surface area contributed by atoms with Gasteiger partial charge in [-0.25, -0.2) is 9.36 Å². The number of fused-ring (bicyclic) bond motifs is 1. The third-order valence-corrected chi connectivity index (χ3v) is 7.66. The molecule has 4 atom stereocenters. The molecule has 3 N–H and O–H groups in total. The van der Waals surface area contributed by atoms with Crippen molar-refractivity contribution in [2.75, 3.05) is 12.0 Å². The Morgan fingerprint density at radius 2 is 1.93 bits per heavy atom. The number of hydrogen-bond donors (Lipinski definition) is 3. The number of urea groups is 1. The van der Waals surface area contributed by atoms with Crippen molar-refractivity contribution in [3.63, 3.8) is 0 Å². The van der Waals surface area contributed by atoms with Gasteiger partial charge in [0.2, 0.25) is 0 Å². The number of halogens is 3. The van der Waals surface area contributed by atoms with E-state index < -0.39 is 54.5 Å². The number of hydrogen-bond acceptors (Lipinski definition) is 9. The van der Waals surface area contributed by atoms with Gasteiger partial charge in [0, 0.05) is 35.4 Å². The van der Waals surface area contributed by atoms with Crippen LogP contribution in [0.15, 0.2) is 67.0 Å². The van der Waals surface area contributed by atoms with E-state index in [0.717, 1.165) is 12.1 Å². The summed E-state index contributed by atoms with van der Waals surface area (Å²) >= 11 is 0. The van der Waals surface area contributed by atoms with Crippen molar-refractivity contribution in [1.29, 1.82) is 5.26 Å². The van der Waals surface area contributed by atoms with E-state index in [4.69, 9.17) is 14.6 Å². The summed E-state index contributed by atoms with van der Waals surface area (Å²) in [6.07, 6.45) is -2.04. The average Bonchev–Trinajstić information content (AvgIpc) is 3.40. The summed E-state index contributed by atoms with van der Waals surface area (Å²) in [4.78, 5) is 38.0. The van der Waals surface area contributed by atoms with Crippen LogP contribution in [0, 0.1) is 17.2 Å². The Hall–Kier alpha value is -5.20. The first-order valence-corrected chi connectivity index (χ1v) is 13.5. The van der Waals surface area contributed by atoms with E-state index in [1.807, 2.05) is 0 Å². The van der Waals surface area contributed by atoms with Gasteiger partial charge in [0.25, 0.3) is 0 Å². The largest absolute Gasteiger partial charge is 0.554 e. The summed E-state index contributed by atoms with van der Waals surface area (Å²) in [6.45, 7) is 1.25. The topological polar surface area (TPSA) is 162 Å². The number of nitrogens with zero attached hydrogens (tertiary/aromatic N) is 4. The SMILES string of the molecule is COC(=O)C1C(C)N(c2cccc(C(F)(F)F)c2)C2NNC(=O)N2[C@H]1c1ccc(C#N)cc1C[n+]1cccc(CO)c1.O=C[O-]. The number of carboxylic acid groups (broad SMARTS) is 1. The third-order valence-electron chi connectivity index (χ3n) is 7.66. The van der Waals surface area contributed by atoms with E-state index >= 15 is 0 Å². The number of aromatic nitrogens is 1. The van der Waals surface area contributed by atoms with Crippen LogP contribution in [0.3, 0.4) is 0 Å². The molecular weight excluding hydrogens is 597 g/mol. The van der Waals surface area contributed by atoms with Crippen molar-refractivity contribution in [3.8, 4) is 6.07 Å². The zero-order chi connectivity index (χ0) is 32.9. The number of esters is 1. The predicted molar refractivity (Wildman–Crippen MR) is 148 cm³/mol. The molecule has 3 aromatic rings. The molecule has 2 aliphatic rings. The van der Waals surface area contributed by atoms with Crippen molar-refractivity contribution in [2.24, 2.45) is 5.92 Å². The second kappa shape index (κ2) is 13.6. The van der Waals surface area contributed by atoms with Gasteiger partial charge in [0.05, 0.1) is 37.0 Å². The molecule has 2 amide bonds. The minimum Gasteiger partial charge on any atom is -0.554 e. The molecule has 0 aliphatic carbocycles. The summed E-state index contributed by atoms with van der Waals surface area (Å²) in [5.41, 5.74) is 6.90. The fraction of sp³-hybridized carbons (Fsp3) is 0.300. The zero-order valence-corrected chi connectivity index (χ0v) is 24.1. The molecule has 2 saturated heterocycles. The van der Waals surface area contributed by atoms with Gasteiger partial charge < -0.3 is 24.6 Å². The molecule has 2 aliphatic heterocycles. The number of aliphatic hydroxyl groups is 1. The van der Waals surface area contributed by atoms with Crippen molar-refractivity contribution < 1.29 is 47.1 Å². The van der Waals surface area contributed by atoms with Gasteiger partial charge >= 0.3 is 18.2 Å². The molecule has 3 unspecified atom stereocenters. The molecule has 0 spiro atoms. The number of rotatable bonds is 6. The van der Waals surface area contributed by atoms with Crippen molar-refractivity contribution >= 4 is 24.2 Å². The lowest BCUT2D eigenvalue weighted by Crippen LogP contribution is -2.65. The van der Waals surface area contributed by atoms with Gasteiger partial charge in [0.15, 0.2) is 25.2 Å². The molecule has 236 valence electrons. The maximum atomic E-state index is 13.6. The van der Waals surface area contributed by atoms with Crippen molar-refractivity contribution in [3.05, 3.63) is 94.8 Å². The van der Waals surface area contributed by atoms with E-state index in [1.165, 1.54) is 24.1 Å². The van der Waals surface area contributed by atoms with Crippen LogP contribution in [-0.2, 0) is 33.7 Å². The lowest BCUT2D eigenvalue weighted by molar-refractivity contribution is -0.688. The number of methoxy groups -OCH3 is 1. The number of carbonyl (C=O) groups excluding carboxylic acids is 3. The third kappa shape index (κ3) is 6.66. The molecule has 0 saturated carbocycles. The fourth-order valence-electron chi connectivity index (χ4n) is 5.78. The van der Waals surface area contributed by atoms with Crippen LogP contribution >= 0.6 is 0 Å². The minimum atomic E-state index is -4.60. The van der Waals surface area contributed by atoms with Gasteiger partial charge in [-0.3, -0.25) is 15.1 Å². The van der Waals surface area contributed by atoms with Crippen LogP contribution in [0.5, 0.6) is 0 Å². The Labute approximate surface area is 255 Å². The molecule has 5 rings (SSSR count). The van der Waals surface area contributed by atoms with E-state index in [9.17, 15) is 33.1 Å². The number of hydrazine groups is 1. The van der Waals surface area contributed by atoms with Gasteiger partial charge in [-0.2, -0.15) is 23.9 Å². The number of ether oxygens (including phenoxy) is 1. The first kappa shape index (κ1) is 32.7. The van der Waals surface area contributed by atoms with E-state index in [-0.39, 0.29) is 18.8 Å². The number of nitrogens with one attached hydrogen (secondary N) is 2. The smallest absolute Gasteiger partial charge is 0.416 e. The standard InChI is InChI=1S/C29H27F3N6O4.CH2O2/c1-17-24(26(40)42-2)25(23-9-8-18(13-33)11-20(23)15-36-10-4-5-19(14-36)16-39)38-27(34-35-28(38)41)37(17)22-7-3-6-21(12-22)29(30,31)32;2-1-3/h3-12,14,17,24-25,27,34,39H,15-16H2,1-2H3;1H,(H,2,3)/t17?,24?,25-,27?;/m0./s1. The summed E-state index contributed by atoms with van der Waals surface area (Å²) < 4.78 is 47.8. The van der Waals surface area contributed by atoms with Crippen LogP contribution in [-0.4, -0.2) is 47.9 Å². The number of amides is 2. The summed E-state index contributed by atoms with van der Waals surface area (Å²) in [7, 11) is 1.21. The number of alkyl halides is 3. The van der Waals surface area contributed by atoms with Gasteiger partial charge in [0.1, 0.15) is 5.92 Å². The zero-order valence-electron chi connectivity index (χ0n) is 24.1. The normalized spacial score (nSPS) is 20.7. The second-order valence-corrected chi connectivity index (χ2v) is 10.2. The Bertz CT molecular complexity index is 1610. The maximum absolute atomic E-state index is 13.6. The number of pyridine rings is 1. The molecule has 0 radical (unpaired) electrons. The first-order valence-electron chi connectivity index (χ1n) is 13.5. The van der Waals surface area contributed by atoms with Crippen LogP contribution in [0.25, 0.3) is 0 Å². The number of benzene rings is 2. The second-order valence-electron chi connectivity index (χ2n) is 10.2. The maximum Gasteiger partial charge on any atom is 0.416 e. The van der Waals surface area contributed by atoms with Gasteiger partial charge in [-0.05, 0) is 48.9 Å². The highest BCUT2D eigenvalue weighted by Crippen LogP contribution is 2.45. The van der Waals surface area contributed by atoms with E-state index in [0.29, 0.717) is 22.3 Å². The first-order chi connectivity index (χ1) is 21.5. The van der Waals surface area contributed by atoms with Crippen molar-refractivity contribution in [1.82, 2.24) is 15.8 Å². The Morgan fingerprint density at radius 3 is 2.58 bits per heavy atom. The Balaban J connectivity index is 0.00000148. The summed E-state index contributed by atoms with van der Waals surface area (Å²) in [5.74, 6) is -1.69. The molecule has 3 heterocycles. The highest BCUT2D eigenvalue weighted by Gasteiger charge is 2.55. The van der Waals surface area contributed by atoms with Crippen LogP contribution < -0.4 is 25.4 Å². The van der Waals surface area contributed by atoms with E-state index in [1.54, 1.807) is 59.1 Å². The predicted octanol–water partition coefficient (Wildman–Crippen LogP) is 1.32. The number of nitriles is 1. The van der Waals surface area contributed by atoms with Crippen molar-refractivity contribution in [2.45, 2.75) is 44.6 Å². The molecule has 12 nitrogen and oxygen atoms in total. The highest BCUT2D eigenvalue weighted by atomic mass is 19.4. The molecule has 2 fully saturated rings. The molecule has 0 bridgehead atoms. The molecular formula is C30H29F3N6O6. The van der Waals surface area contributed by atoms with Gasteiger partial charge in [-0.15, -0.1) is 0 Å². The Morgan fingerprint density at radius 1 is 1.20 bits per heavy atom. The fourth-order valence-corrected chi connectivity index (χ4v) is 5.78. The lowest BCUT2D eigenvalue weighted by Gasteiger charge is -2.51. The molecule has 45 heavy (non-hydrogen) atoms.